The Balaban J connectivity index is 3.51. The Morgan fingerprint density at radius 2 is 1.92 bits per heavy atom. The zero-order chi connectivity index (χ0) is 9.78. The molecule has 12 heavy (non-hydrogen) atoms. The highest BCUT2D eigenvalue weighted by atomic mass is 16.4. The Morgan fingerprint density at radius 3 is 2.25 bits per heavy atom. The molecule has 0 aliphatic heterocycles. The molecule has 72 valence electrons. The van der Waals surface area contributed by atoms with Crippen molar-refractivity contribution in [2.45, 2.75) is 47.0 Å². The smallest absolute Gasteiger partial charge is 0.306 e. The molecule has 0 saturated carbocycles. The first-order chi connectivity index (χ1) is 5.33. The average Bonchev–Trinajstić information content (AvgIpc) is 1.84. The third kappa shape index (κ3) is 6.20. The molecule has 0 aromatic heterocycles. The van der Waals surface area contributed by atoms with E-state index in [1.54, 1.807) is 6.92 Å². The van der Waals surface area contributed by atoms with E-state index >= 15 is 0 Å². The van der Waals surface area contributed by atoms with Gasteiger partial charge in [0.05, 0.1) is 5.92 Å². The number of rotatable bonds is 4. The van der Waals surface area contributed by atoms with Gasteiger partial charge in [0.15, 0.2) is 0 Å². The zero-order valence-electron chi connectivity index (χ0n) is 8.55. The van der Waals surface area contributed by atoms with Gasteiger partial charge in [0.25, 0.3) is 0 Å². The SMILES string of the molecule is CC(CCCC(C)(C)C)C(=O)O. The number of carboxylic acids is 1. The second-order valence-corrected chi connectivity index (χ2v) is 4.69. The van der Waals surface area contributed by atoms with E-state index in [0.29, 0.717) is 5.41 Å². The molecule has 0 aromatic rings. The van der Waals surface area contributed by atoms with Crippen LogP contribution in [-0.4, -0.2) is 11.1 Å². The minimum Gasteiger partial charge on any atom is -0.481 e. The van der Waals surface area contributed by atoms with Gasteiger partial charge in [-0.2, -0.15) is 0 Å². The van der Waals surface area contributed by atoms with Crippen LogP contribution in [0, 0.1) is 11.3 Å². The van der Waals surface area contributed by atoms with Crippen LogP contribution >= 0.6 is 0 Å². The van der Waals surface area contributed by atoms with Gasteiger partial charge >= 0.3 is 5.97 Å². The van der Waals surface area contributed by atoms with Crippen molar-refractivity contribution in [3.8, 4) is 0 Å². The summed E-state index contributed by atoms with van der Waals surface area (Å²) in [6, 6.07) is 0. The number of hydrogen-bond acceptors (Lipinski definition) is 1. The van der Waals surface area contributed by atoms with E-state index in [1.165, 1.54) is 0 Å². The third-order valence-corrected chi connectivity index (χ3v) is 1.99. The molecule has 0 spiro atoms. The van der Waals surface area contributed by atoms with Gasteiger partial charge in [-0.15, -0.1) is 0 Å². The van der Waals surface area contributed by atoms with Crippen LogP contribution in [0.5, 0.6) is 0 Å². The Hall–Kier alpha value is -0.530. The van der Waals surface area contributed by atoms with Crippen molar-refractivity contribution in [2.24, 2.45) is 11.3 Å². The summed E-state index contributed by atoms with van der Waals surface area (Å²) in [5.74, 6) is -0.865. The lowest BCUT2D eigenvalue weighted by molar-refractivity contribution is -0.141. The first-order valence-corrected chi connectivity index (χ1v) is 4.56. The summed E-state index contributed by atoms with van der Waals surface area (Å²) >= 11 is 0. The van der Waals surface area contributed by atoms with Crippen LogP contribution in [0.25, 0.3) is 0 Å². The Kier molecular flexibility index (Phi) is 4.29. The minimum absolute atomic E-state index is 0.188. The predicted octanol–water partition coefficient (Wildman–Crippen LogP) is 2.92. The standard InChI is InChI=1S/C10H20O2/c1-8(9(11)12)6-5-7-10(2,3)4/h8H,5-7H2,1-4H3,(H,11,12). The van der Waals surface area contributed by atoms with Crippen LogP contribution in [0.1, 0.15) is 47.0 Å². The van der Waals surface area contributed by atoms with Crippen LogP contribution in [0.3, 0.4) is 0 Å². The van der Waals surface area contributed by atoms with Crippen molar-refractivity contribution in [2.75, 3.05) is 0 Å². The van der Waals surface area contributed by atoms with Crippen molar-refractivity contribution in [1.29, 1.82) is 0 Å². The lowest BCUT2D eigenvalue weighted by Crippen LogP contribution is -2.11. The maximum Gasteiger partial charge on any atom is 0.306 e. The van der Waals surface area contributed by atoms with Crippen LogP contribution in [0.2, 0.25) is 0 Å². The molecule has 0 aliphatic carbocycles. The third-order valence-electron chi connectivity index (χ3n) is 1.99. The molecule has 0 radical (unpaired) electrons. The monoisotopic (exact) mass is 172 g/mol. The summed E-state index contributed by atoms with van der Waals surface area (Å²) < 4.78 is 0. The molecule has 0 saturated heterocycles. The first kappa shape index (κ1) is 11.5. The molecule has 0 aromatic carbocycles. The molecule has 0 aliphatic rings. The number of aliphatic carboxylic acids is 1. The number of carbonyl (C=O) groups is 1. The van der Waals surface area contributed by atoms with Gasteiger partial charge in [-0.25, -0.2) is 0 Å². The average molecular weight is 172 g/mol. The van der Waals surface area contributed by atoms with E-state index in [4.69, 9.17) is 5.11 Å². The van der Waals surface area contributed by atoms with Gasteiger partial charge in [-0.05, 0) is 18.3 Å². The number of carboxylic acid groups (broad SMARTS) is 1. The van der Waals surface area contributed by atoms with Crippen molar-refractivity contribution in [1.82, 2.24) is 0 Å². The van der Waals surface area contributed by atoms with Crippen LogP contribution < -0.4 is 0 Å². The fraction of sp³-hybridized carbons (Fsp3) is 0.900. The molecular formula is C10H20O2. The zero-order valence-corrected chi connectivity index (χ0v) is 8.55. The minimum atomic E-state index is -0.677. The molecular weight excluding hydrogens is 152 g/mol. The van der Waals surface area contributed by atoms with Crippen LogP contribution in [0.4, 0.5) is 0 Å². The van der Waals surface area contributed by atoms with Crippen LogP contribution in [-0.2, 0) is 4.79 Å². The summed E-state index contributed by atoms with van der Waals surface area (Å²) in [5.41, 5.74) is 0.332. The molecule has 2 heteroatoms. The van der Waals surface area contributed by atoms with Crippen molar-refractivity contribution in [3.05, 3.63) is 0 Å². The second-order valence-electron chi connectivity index (χ2n) is 4.69. The maximum absolute atomic E-state index is 10.5. The topological polar surface area (TPSA) is 37.3 Å². The Labute approximate surface area is 75.0 Å². The predicted molar refractivity (Wildman–Crippen MR) is 50.1 cm³/mol. The normalized spacial score (nSPS) is 14.3. The van der Waals surface area contributed by atoms with E-state index in [0.717, 1.165) is 19.3 Å². The maximum atomic E-state index is 10.5. The Bertz CT molecular complexity index is 144. The van der Waals surface area contributed by atoms with E-state index in [-0.39, 0.29) is 5.92 Å². The number of hydrogen-bond donors (Lipinski definition) is 1. The fourth-order valence-corrected chi connectivity index (χ4v) is 1.06. The fourth-order valence-electron chi connectivity index (χ4n) is 1.06. The van der Waals surface area contributed by atoms with E-state index in [2.05, 4.69) is 20.8 Å². The largest absolute Gasteiger partial charge is 0.481 e. The molecule has 0 bridgehead atoms. The van der Waals surface area contributed by atoms with Gasteiger partial charge < -0.3 is 5.11 Å². The van der Waals surface area contributed by atoms with Gasteiger partial charge in [-0.3, -0.25) is 4.79 Å². The summed E-state index contributed by atoms with van der Waals surface area (Å²) in [4.78, 5) is 10.5. The molecule has 0 amide bonds. The van der Waals surface area contributed by atoms with Crippen molar-refractivity contribution < 1.29 is 9.90 Å². The molecule has 1 N–H and O–H groups in total. The molecule has 0 fully saturated rings. The van der Waals surface area contributed by atoms with Crippen molar-refractivity contribution >= 4 is 5.97 Å². The molecule has 1 atom stereocenters. The molecule has 0 heterocycles. The highest BCUT2D eigenvalue weighted by molar-refractivity contribution is 5.69. The summed E-state index contributed by atoms with van der Waals surface area (Å²) in [6.07, 6.45) is 2.91. The summed E-state index contributed by atoms with van der Waals surface area (Å²) in [5, 5.41) is 8.61. The van der Waals surface area contributed by atoms with Gasteiger partial charge in [-0.1, -0.05) is 34.1 Å². The second kappa shape index (κ2) is 4.48. The summed E-state index contributed by atoms with van der Waals surface area (Å²) in [6.45, 7) is 8.31. The van der Waals surface area contributed by atoms with E-state index in [9.17, 15) is 4.79 Å². The quantitative estimate of drug-likeness (QED) is 0.708. The summed E-state index contributed by atoms with van der Waals surface area (Å²) in [7, 11) is 0. The van der Waals surface area contributed by atoms with E-state index < -0.39 is 5.97 Å². The highest BCUT2D eigenvalue weighted by Crippen LogP contribution is 2.23. The van der Waals surface area contributed by atoms with Crippen molar-refractivity contribution in [3.63, 3.8) is 0 Å². The van der Waals surface area contributed by atoms with Gasteiger partial charge in [0.1, 0.15) is 0 Å². The van der Waals surface area contributed by atoms with Gasteiger partial charge in [0, 0.05) is 0 Å². The Morgan fingerprint density at radius 1 is 1.42 bits per heavy atom. The first-order valence-electron chi connectivity index (χ1n) is 4.56. The molecule has 0 rings (SSSR count). The highest BCUT2D eigenvalue weighted by Gasteiger charge is 2.13. The van der Waals surface area contributed by atoms with Crippen LogP contribution in [0.15, 0.2) is 0 Å². The lowest BCUT2D eigenvalue weighted by Gasteiger charge is -2.18. The van der Waals surface area contributed by atoms with E-state index in [1.807, 2.05) is 0 Å². The molecule has 2 nitrogen and oxygen atoms in total. The van der Waals surface area contributed by atoms with Gasteiger partial charge in [0.2, 0.25) is 0 Å². The molecule has 1 unspecified atom stereocenters. The lowest BCUT2D eigenvalue weighted by atomic mass is 9.88.